The number of benzene rings is 1. The second-order valence-corrected chi connectivity index (χ2v) is 6.45. The molecule has 3 nitrogen and oxygen atoms in total. The molecule has 1 aromatic heterocycles. The predicted octanol–water partition coefficient (Wildman–Crippen LogP) is 4.74. The van der Waals surface area contributed by atoms with Gasteiger partial charge in [-0.25, -0.2) is 4.98 Å². The van der Waals surface area contributed by atoms with Gasteiger partial charge in [0.2, 0.25) is 0 Å². The molecule has 0 spiro atoms. The van der Waals surface area contributed by atoms with Crippen LogP contribution in [0.3, 0.4) is 0 Å². The zero-order valence-electron chi connectivity index (χ0n) is 12.4. The fourth-order valence-corrected chi connectivity index (χ4v) is 2.94. The van der Waals surface area contributed by atoms with Crippen LogP contribution in [0, 0.1) is 11.3 Å². The lowest BCUT2D eigenvalue weighted by Crippen LogP contribution is -2.28. The van der Waals surface area contributed by atoms with Crippen molar-refractivity contribution >= 4 is 22.6 Å². The van der Waals surface area contributed by atoms with Crippen molar-refractivity contribution in [1.82, 2.24) is 9.55 Å². The zero-order valence-corrected chi connectivity index (χ0v) is 13.2. The van der Waals surface area contributed by atoms with E-state index in [9.17, 15) is 0 Å². The normalized spacial score (nSPS) is 13.4. The van der Waals surface area contributed by atoms with E-state index in [1.54, 1.807) is 6.07 Å². The van der Waals surface area contributed by atoms with Gasteiger partial charge >= 0.3 is 0 Å². The summed E-state index contributed by atoms with van der Waals surface area (Å²) in [6.45, 7) is 8.50. The summed E-state index contributed by atoms with van der Waals surface area (Å²) in [7, 11) is 0. The van der Waals surface area contributed by atoms with Crippen LogP contribution in [-0.4, -0.2) is 9.55 Å². The van der Waals surface area contributed by atoms with Crippen LogP contribution in [0.15, 0.2) is 18.2 Å². The van der Waals surface area contributed by atoms with Gasteiger partial charge < -0.3 is 4.57 Å². The van der Waals surface area contributed by atoms with E-state index in [-0.39, 0.29) is 10.9 Å². The molecule has 20 heavy (non-hydrogen) atoms. The van der Waals surface area contributed by atoms with Crippen molar-refractivity contribution in [2.75, 3.05) is 0 Å². The SMILES string of the molecule is CCCC(C)(C)n1c(C(C)Cl)nc2ccc(C#N)cc21. The molecule has 0 aliphatic rings. The first kappa shape index (κ1) is 14.9. The number of halogens is 1. The summed E-state index contributed by atoms with van der Waals surface area (Å²) < 4.78 is 2.20. The van der Waals surface area contributed by atoms with Crippen LogP contribution >= 0.6 is 11.6 Å². The van der Waals surface area contributed by atoms with Crippen LogP contribution in [0.4, 0.5) is 0 Å². The lowest BCUT2D eigenvalue weighted by molar-refractivity contribution is 0.323. The van der Waals surface area contributed by atoms with Gasteiger partial charge in [-0.3, -0.25) is 0 Å². The number of alkyl halides is 1. The molecule has 0 aliphatic carbocycles. The van der Waals surface area contributed by atoms with Gasteiger partial charge in [0.25, 0.3) is 0 Å². The number of imidazole rings is 1. The molecule has 1 heterocycles. The van der Waals surface area contributed by atoms with Crippen molar-refractivity contribution in [2.45, 2.75) is 51.5 Å². The van der Waals surface area contributed by atoms with E-state index in [0.717, 1.165) is 29.7 Å². The zero-order chi connectivity index (χ0) is 14.9. The Bertz CT molecular complexity index is 662. The molecule has 0 amide bonds. The third-order valence-corrected chi connectivity index (χ3v) is 3.83. The molecule has 0 saturated heterocycles. The van der Waals surface area contributed by atoms with Gasteiger partial charge in [-0.15, -0.1) is 11.6 Å². The first-order chi connectivity index (χ1) is 9.40. The Morgan fingerprint density at radius 3 is 2.70 bits per heavy atom. The summed E-state index contributed by atoms with van der Waals surface area (Å²) in [6.07, 6.45) is 2.12. The van der Waals surface area contributed by atoms with Gasteiger partial charge in [0.15, 0.2) is 0 Å². The van der Waals surface area contributed by atoms with Crippen LogP contribution in [-0.2, 0) is 5.54 Å². The minimum Gasteiger partial charge on any atom is -0.321 e. The standard InChI is InChI=1S/C16H20ClN3/c1-5-8-16(3,4)20-14-9-12(10-18)6-7-13(14)19-15(20)11(2)17/h6-7,9,11H,5,8H2,1-4H3. The summed E-state index contributed by atoms with van der Waals surface area (Å²) in [6, 6.07) is 7.80. The largest absolute Gasteiger partial charge is 0.321 e. The number of hydrogen-bond acceptors (Lipinski definition) is 2. The Labute approximate surface area is 125 Å². The van der Waals surface area contributed by atoms with E-state index in [1.807, 2.05) is 19.1 Å². The van der Waals surface area contributed by atoms with Gasteiger partial charge in [0.1, 0.15) is 5.82 Å². The number of hydrogen-bond donors (Lipinski definition) is 0. The number of rotatable bonds is 4. The Morgan fingerprint density at radius 2 is 2.15 bits per heavy atom. The lowest BCUT2D eigenvalue weighted by Gasteiger charge is -2.29. The van der Waals surface area contributed by atoms with Gasteiger partial charge in [0.05, 0.1) is 28.0 Å². The molecule has 1 atom stereocenters. The molecule has 0 aliphatic heterocycles. The minimum absolute atomic E-state index is 0.0734. The highest BCUT2D eigenvalue weighted by Crippen LogP contribution is 2.33. The molecule has 106 valence electrons. The summed E-state index contributed by atoms with van der Waals surface area (Å²) in [5.74, 6) is 0.871. The van der Waals surface area contributed by atoms with Crippen LogP contribution in [0.25, 0.3) is 11.0 Å². The Kier molecular flexibility index (Phi) is 4.06. The highest BCUT2D eigenvalue weighted by atomic mass is 35.5. The molecule has 0 radical (unpaired) electrons. The monoisotopic (exact) mass is 289 g/mol. The van der Waals surface area contributed by atoms with Crippen molar-refractivity contribution < 1.29 is 0 Å². The second kappa shape index (κ2) is 5.46. The van der Waals surface area contributed by atoms with E-state index in [2.05, 4.69) is 36.4 Å². The van der Waals surface area contributed by atoms with E-state index in [0.29, 0.717) is 5.56 Å². The lowest BCUT2D eigenvalue weighted by atomic mass is 9.97. The van der Waals surface area contributed by atoms with E-state index in [4.69, 9.17) is 16.9 Å². The van der Waals surface area contributed by atoms with Crippen LogP contribution in [0.5, 0.6) is 0 Å². The third kappa shape index (κ3) is 2.53. The van der Waals surface area contributed by atoms with Crippen molar-refractivity contribution in [2.24, 2.45) is 0 Å². The molecule has 2 aromatic rings. The fraction of sp³-hybridized carbons (Fsp3) is 0.500. The third-order valence-electron chi connectivity index (χ3n) is 3.63. The second-order valence-electron chi connectivity index (χ2n) is 5.80. The predicted molar refractivity (Wildman–Crippen MR) is 82.9 cm³/mol. The molecule has 0 saturated carbocycles. The molecule has 0 bridgehead atoms. The molecule has 4 heteroatoms. The Hall–Kier alpha value is -1.53. The van der Waals surface area contributed by atoms with Crippen LogP contribution in [0.1, 0.15) is 57.3 Å². The molecule has 0 fully saturated rings. The number of nitrogens with zero attached hydrogens (tertiary/aromatic N) is 3. The highest BCUT2D eigenvalue weighted by Gasteiger charge is 2.27. The van der Waals surface area contributed by atoms with Crippen LogP contribution in [0.2, 0.25) is 0 Å². The van der Waals surface area contributed by atoms with E-state index < -0.39 is 0 Å². The maximum Gasteiger partial charge on any atom is 0.128 e. The summed E-state index contributed by atoms with van der Waals surface area (Å²) in [5, 5.41) is 8.94. The average Bonchev–Trinajstić information content (AvgIpc) is 2.77. The fourth-order valence-electron chi connectivity index (χ4n) is 2.79. The minimum atomic E-state index is -0.163. The van der Waals surface area contributed by atoms with Crippen molar-refractivity contribution in [3.63, 3.8) is 0 Å². The van der Waals surface area contributed by atoms with E-state index >= 15 is 0 Å². The quantitative estimate of drug-likeness (QED) is 0.763. The van der Waals surface area contributed by atoms with Crippen molar-refractivity contribution in [1.29, 1.82) is 5.26 Å². The Morgan fingerprint density at radius 1 is 1.45 bits per heavy atom. The van der Waals surface area contributed by atoms with Crippen molar-refractivity contribution in [3.05, 3.63) is 29.6 Å². The van der Waals surface area contributed by atoms with Crippen molar-refractivity contribution in [3.8, 4) is 6.07 Å². The summed E-state index contributed by atoms with van der Waals surface area (Å²) in [5.41, 5.74) is 2.47. The maximum absolute atomic E-state index is 9.10. The molecule has 1 unspecified atom stereocenters. The first-order valence-corrected chi connectivity index (χ1v) is 7.41. The van der Waals surface area contributed by atoms with Crippen LogP contribution < -0.4 is 0 Å². The van der Waals surface area contributed by atoms with Gasteiger partial charge in [0, 0.05) is 5.54 Å². The molecule has 1 aromatic carbocycles. The maximum atomic E-state index is 9.10. The van der Waals surface area contributed by atoms with Gasteiger partial charge in [-0.05, 0) is 45.4 Å². The number of nitriles is 1. The Balaban J connectivity index is 2.76. The molecule has 2 rings (SSSR count). The first-order valence-electron chi connectivity index (χ1n) is 6.97. The topological polar surface area (TPSA) is 41.6 Å². The highest BCUT2D eigenvalue weighted by molar-refractivity contribution is 6.20. The van der Waals surface area contributed by atoms with Gasteiger partial charge in [-0.2, -0.15) is 5.26 Å². The summed E-state index contributed by atoms with van der Waals surface area (Å²) >= 11 is 6.31. The van der Waals surface area contributed by atoms with E-state index in [1.165, 1.54) is 0 Å². The molecule has 0 N–H and O–H groups in total. The van der Waals surface area contributed by atoms with Gasteiger partial charge in [-0.1, -0.05) is 13.3 Å². The average molecular weight is 290 g/mol. The summed E-state index contributed by atoms with van der Waals surface area (Å²) in [4.78, 5) is 4.66. The molecular weight excluding hydrogens is 270 g/mol. The molecular formula is C16H20ClN3. The number of aromatic nitrogens is 2. The number of fused-ring (bicyclic) bond motifs is 1. The smallest absolute Gasteiger partial charge is 0.128 e.